The van der Waals surface area contributed by atoms with Gasteiger partial charge in [0.15, 0.2) is 0 Å². The first-order valence-electron chi connectivity index (χ1n) is 6.32. The van der Waals surface area contributed by atoms with Crippen LogP contribution in [0, 0.1) is 11.3 Å². The van der Waals surface area contributed by atoms with Crippen molar-refractivity contribution in [1.29, 1.82) is 0 Å². The Kier molecular flexibility index (Phi) is 3.11. The van der Waals surface area contributed by atoms with Crippen molar-refractivity contribution in [2.45, 2.75) is 19.3 Å². The lowest BCUT2D eigenvalue weighted by molar-refractivity contribution is -0.118. The molecule has 0 aromatic carbocycles. The summed E-state index contributed by atoms with van der Waals surface area (Å²) in [6.45, 7) is 2.09. The highest BCUT2D eigenvalue weighted by Gasteiger charge is 2.57. The number of hydrogen-bond donors (Lipinski definition) is 2. The summed E-state index contributed by atoms with van der Waals surface area (Å²) in [6, 6.07) is 1.82. The van der Waals surface area contributed by atoms with E-state index in [9.17, 15) is 4.79 Å². The predicted octanol–water partition coefficient (Wildman–Crippen LogP) is 2.17. The van der Waals surface area contributed by atoms with Crippen LogP contribution in [0.2, 0.25) is 0 Å². The highest BCUT2D eigenvalue weighted by Crippen LogP contribution is 2.58. The van der Waals surface area contributed by atoms with E-state index in [4.69, 9.17) is 0 Å². The van der Waals surface area contributed by atoms with Crippen molar-refractivity contribution in [3.8, 4) is 0 Å². The molecule has 2 N–H and O–H groups in total. The Bertz CT molecular complexity index is 471. The molecule has 5 heteroatoms. The maximum Gasteiger partial charge on any atom is 0.228 e. The lowest BCUT2D eigenvalue weighted by Gasteiger charge is -2.23. The van der Waals surface area contributed by atoms with Gasteiger partial charge in [0.2, 0.25) is 5.91 Å². The molecule has 96 valence electrons. The van der Waals surface area contributed by atoms with Crippen molar-refractivity contribution in [2.75, 3.05) is 18.4 Å². The maximum absolute atomic E-state index is 12.2. The Hall–Kier alpha value is -0.940. The molecule has 4 nitrogen and oxygen atoms in total. The van der Waals surface area contributed by atoms with E-state index in [2.05, 4.69) is 31.5 Å². The molecule has 1 aliphatic heterocycles. The van der Waals surface area contributed by atoms with Crippen molar-refractivity contribution in [2.24, 2.45) is 11.3 Å². The molecule has 1 aromatic rings. The van der Waals surface area contributed by atoms with E-state index in [1.54, 1.807) is 12.4 Å². The first-order chi connectivity index (χ1) is 8.71. The van der Waals surface area contributed by atoms with Crippen LogP contribution in [0.4, 0.5) is 5.69 Å². The molecule has 1 amide bonds. The Morgan fingerprint density at radius 2 is 2.28 bits per heavy atom. The predicted molar refractivity (Wildman–Crippen MR) is 73.2 cm³/mol. The second-order valence-corrected chi connectivity index (χ2v) is 6.07. The number of nitrogens with one attached hydrogen (secondary N) is 2. The number of aromatic nitrogens is 1. The molecule has 1 aliphatic carbocycles. The fourth-order valence-electron chi connectivity index (χ4n) is 2.89. The van der Waals surface area contributed by atoms with Gasteiger partial charge in [0, 0.05) is 18.3 Å². The number of rotatable bonds is 2. The average molecular weight is 310 g/mol. The van der Waals surface area contributed by atoms with Gasteiger partial charge in [-0.3, -0.25) is 9.78 Å². The van der Waals surface area contributed by atoms with Crippen LogP contribution in [0.1, 0.15) is 19.3 Å². The van der Waals surface area contributed by atoms with Gasteiger partial charge in [-0.2, -0.15) is 0 Å². The largest absolute Gasteiger partial charge is 0.325 e. The molecule has 1 spiro atoms. The minimum atomic E-state index is 0.156. The SMILES string of the molecule is O=C(Nc1ccncc1Br)C1CC12CCNCC2. The minimum Gasteiger partial charge on any atom is -0.325 e. The molecule has 1 unspecified atom stereocenters. The molecule has 1 atom stereocenters. The summed E-state index contributed by atoms with van der Waals surface area (Å²) in [5, 5.41) is 6.35. The smallest absolute Gasteiger partial charge is 0.228 e. The van der Waals surface area contributed by atoms with Crippen LogP contribution < -0.4 is 10.6 Å². The fraction of sp³-hybridized carbons (Fsp3) is 0.538. The molecule has 3 rings (SSSR count). The molecule has 18 heavy (non-hydrogen) atoms. The lowest BCUT2D eigenvalue weighted by atomic mass is 9.92. The van der Waals surface area contributed by atoms with Gasteiger partial charge in [-0.1, -0.05) is 0 Å². The number of anilines is 1. The van der Waals surface area contributed by atoms with E-state index in [1.807, 2.05) is 6.07 Å². The lowest BCUT2D eigenvalue weighted by Crippen LogP contribution is -2.31. The van der Waals surface area contributed by atoms with Crippen LogP contribution >= 0.6 is 15.9 Å². The Labute approximate surface area is 115 Å². The van der Waals surface area contributed by atoms with Crippen molar-refractivity contribution in [3.05, 3.63) is 22.9 Å². The second kappa shape index (κ2) is 4.63. The van der Waals surface area contributed by atoms with E-state index >= 15 is 0 Å². The van der Waals surface area contributed by atoms with Gasteiger partial charge >= 0.3 is 0 Å². The molecule has 1 saturated heterocycles. The summed E-state index contributed by atoms with van der Waals surface area (Å²) in [6.07, 6.45) is 6.69. The summed E-state index contributed by atoms with van der Waals surface area (Å²) >= 11 is 3.39. The molecule has 1 saturated carbocycles. The standard InChI is InChI=1S/C13H16BrN3O/c14-10-8-16-4-1-11(10)17-12(18)9-7-13(9)2-5-15-6-3-13/h1,4,8-9,15H,2-3,5-7H2,(H,16,17,18). The van der Waals surface area contributed by atoms with E-state index in [-0.39, 0.29) is 17.2 Å². The van der Waals surface area contributed by atoms with Crippen LogP contribution in [0.15, 0.2) is 22.9 Å². The highest BCUT2D eigenvalue weighted by atomic mass is 79.9. The number of piperidine rings is 1. The molecule has 0 radical (unpaired) electrons. The van der Waals surface area contributed by atoms with E-state index in [0.29, 0.717) is 0 Å². The van der Waals surface area contributed by atoms with Gasteiger partial charge in [-0.05, 0) is 59.8 Å². The third kappa shape index (κ3) is 2.17. The Morgan fingerprint density at radius 1 is 1.50 bits per heavy atom. The van der Waals surface area contributed by atoms with E-state index in [0.717, 1.165) is 42.5 Å². The van der Waals surface area contributed by atoms with Gasteiger partial charge in [0.05, 0.1) is 10.2 Å². The van der Waals surface area contributed by atoms with Crippen LogP contribution in [0.5, 0.6) is 0 Å². The van der Waals surface area contributed by atoms with Crippen LogP contribution in [-0.4, -0.2) is 24.0 Å². The fourth-order valence-corrected chi connectivity index (χ4v) is 3.24. The first kappa shape index (κ1) is 12.1. The topological polar surface area (TPSA) is 54.0 Å². The van der Waals surface area contributed by atoms with E-state index in [1.165, 1.54) is 0 Å². The number of carbonyl (C=O) groups is 1. The number of amides is 1. The normalized spacial score (nSPS) is 24.8. The Balaban J connectivity index is 1.65. The van der Waals surface area contributed by atoms with Crippen molar-refractivity contribution in [1.82, 2.24) is 10.3 Å². The minimum absolute atomic E-state index is 0.156. The van der Waals surface area contributed by atoms with E-state index < -0.39 is 0 Å². The summed E-state index contributed by atoms with van der Waals surface area (Å²) in [5.74, 6) is 0.350. The van der Waals surface area contributed by atoms with Crippen molar-refractivity contribution >= 4 is 27.5 Å². The number of nitrogens with zero attached hydrogens (tertiary/aromatic N) is 1. The van der Waals surface area contributed by atoms with Gasteiger partial charge in [-0.15, -0.1) is 0 Å². The molecule has 2 aliphatic rings. The molecule has 1 aromatic heterocycles. The number of pyridine rings is 1. The summed E-state index contributed by atoms with van der Waals surface area (Å²) in [4.78, 5) is 16.2. The number of carbonyl (C=O) groups excluding carboxylic acids is 1. The quantitative estimate of drug-likeness (QED) is 0.880. The third-order valence-electron chi connectivity index (χ3n) is 4.14. The zero-order valence-corrected chi connectivity index (χ0v) is 11.7. The van der Waals surface area contributed by atoms with Gasteiger partial charge in [-0.25, -0.2) is 0 Å². The summed E-state index contributed by atoms with van der Waals surface area (Å²) < 4.78 is 0.832. The molecule has 0 bridgehead atoms. The molecular weight excluding hydrogens is 294 g/mol. The van der Waals surface area contributed by atoms with Crippen LogP contribution in [0.25, 0.3) is 0 Å². The third-order valence-corrected chi connectivity index (χ3v) is 4.77. The van der Waals surface area contributed by atoms with Gasteiger partial charge < -0.3 is 10.6 Å². The first-order valence-corrected chi connectivity index (χ1v) is 7.12. The summed E-state index contributed by atoms with van der Waals surface area (Å²) in [7, 11) is 0. The van der Waals surface area contributed by atoms with Crippen LogP contribution in [-0.2, 0) is 4.79 Å². The molecule has 2 heterocycles. The second-order valence-electron chi connectivity index (χ2n) is 5.21. The van der Waals surface area contributed by atoms with Crippen molar-refractivity contribution in [3.63, 3.8) is 0 Å². The maximum atomic E-state index is 12.2. The Morgan fingerprint density at radius 3 is 3.00 bits per heavy atom. The highest BCUT2D eigenvalue weighted by molar-refractivity contribution is 9.10. The van der Waals surface area contributed by atoms with Crippen molar-refractivity contribution < 1.29 is 4.79 Å². The van der Waals surface area contributed by atoms with Gasteiger partial charge in [0.25, 0.3) is 0 Å². The molecular formula is C13H16BrN3O. The number of hydrogen-bond acceptors (Lipinski definition) is 3. The molecule has 2 fully saturated rings. The summed E-state index contributed by atoms with van der Waals surface area (Å²) in [5.41, 5.74) is 1.10. The average Bonchev–Trinajstić information content (AvgIpc) is 3.07. The van der Waals surface area contributed by atoms with Crippen LogP contribution in [0.3, 0.4) is 0 Å². The monoisotopic (exact) mass is 309 g/mol. The zero-order chi connectivity index (χ0) is 12.6. The number of halogens is 1. The zero-order valence-electron chi connectivity index (χ0n) is 10.1. The van der Waals surface area contributed by atoms with Gasteiger partial charge in [0.1, 0.15) is 0 Å².